The van der Waals surface area contributed by atoms with Gasteiger partial charge in [0.25, 0.3) is 0 Å². The second-order valence-electron chi connectivity index (χ2n) is 5.08. The molecule has 100 valence electrons. The first-order chi connectivity index (χ1) is 8.63. The Morgan fingerprint density at radius 2 is 2.17 bits per heavy atom. The van der Waals surface area contributed by atoms with Gasteiger partial charge in [0.2, 0.25) is 0 Å². The van der Waals surface area contributed by atoms with Crippen molar-refractivity contribution in [1.29, 1.82) is 0 Å². The number of hydrogen-bond acceptors (Lipinski definition) is 3. The van der Waals surface area contributed by atoms with Gasteiger partial charge in [-0.2, -0.15) is 0 Å². The predicted molar refractivity (Wildman–Crippen MR) is 78.5 cm³/mol. The minimum Gasteiger partial charge on any atom is -0.366 e. The largest absolute Gasteiger partial charge is 0.366 e. The van der Waals surface area contributed by atoms with E-state index in [-0.39, 0.29) is 0 Å². The summed E-state index contributed by atoms with van der Waals surface area (Å²) in [6.07, 6.45) is 1.17. The molecule has 1 atom stereocenters. The lowest BCUT2D eigenvalue weighted by Gasteiger charge is -2.33. The Morgan fingerprint density at radius 3 is 2.89 bits per heavy atom. The van der Waals surface area contributed by atoms with Crippen molar-refractivity contribution >= 4 is 17.3 Å². The third-order valence-corrected chi connectivity index (χ3v) is 4.13. The van der Waals surface area contributed by atoms with Crippen LogP contribution >= 0.6 is 11.6 Å². The van der Waals surface area contributed by atoms with Crippen molar-refractivity contribution in [2.75, 3.05) is 38.1 Å². The Labute approximate surface area is 115 Å². The summed E-state index contributed by atoms with van der Waals surface area (Å²) >= 11 is 6.23. The normalized spacial score (nSPS) is 22.0. The minimum atomic E-state index is 0.370. The van der Waals surface area contributed by atoms with Gasteiger partial charge in [0, 0.05) is 30.3 Å². The Balaban J connectivity index is 2.31. The standard InChI is InChI=1S/C14H22ClN3/c1-11-13(15)5-3-6-14(11)18-8-4-7-17(2)10-12(18)9-16/h3,5-6,12H,4,7-10,16H2,1-2H3. The van der Waals surface area contributed by atoms with Crippen LogP contribution in [0.15, 0.2) is 18.2 Å². The molecule has 2 rings (SSSR count). The molecule has 0 saturated carbocycles. The average molecular weight is 268 g/mol. The first-order valence-electron chi connectivity index (χ1n) is 6.54. The number of hydrogen-bond donors (Lipinski definition) is 1. The zero-order valence-electron chi connectivity index (χ0n) is 11.2. The minimum absolute atomic E-state index is 0.370. The lowest BCUT2D eigenvalue weighted by atomic mass is 10.1. The van der Waals surface area contributed by atoms with Gasteiger partial charge < -0.3 is 15.5 Å². The van der Waals surface area contributed by atoms with Crippen molar-refractivity contribution in [2.24, 2.45) is 5.73 Å². The molecule has 3 nitrogen and oxygen atoms in total. The highest BCUT2D eigenvalue weighted by Crippen LogP contribution is 2.28. The Hall–Kier alpha value is -0.770. The van der Waals surface area contributed by atoms with E-state index in [9.17, 15) is 0 Å². The van der Waals surface area contributed by atoms with Crippen molar-refractivity contribution in [3.63, 3.8) is 0 Å². The molecule has 1 saturated heterocycles. The van der Waals surface area contributed by atoms with Crippen LogP contribution in [0.5, 0.6) is 0 Å². The fourth-order valence-corrected chi connectivity index (χ4v) is 2.84. The lowest BCUT2D eigenvalue weighted by Crippen LogP contribution is -2.45. The lowest BCUT2D eigenvalue weighted by molar-refractivity contribution is 0.332. The molecule has 0 radical (unpaired) electrons. The maximum Gasteiger partial charge on any atom is 0.0539 e. The molecule has 1 aromatic rings. The highest BCUT2D eigenvalue weighted by Gasteiger charge is 2.23. The summed E-state index contributed by atoms with van der Waals surface area (Å²) in [7, 11) is 2.16. The van der Waals surface area contributed by atoms with E-state index in [0.29, 0.717) is 12.6 Å². The van der Waals surface area contributed by atoms with E-state index < -0.39 is 0 Å². The van der Waals surface area contributed by atoms with Gasteiger partial charge in [-0.15, -0.1) is 0 Å². The van der Waals surface area contributed by atoms with Crippen LogP contribution in [-0.2, 0) is 0 Å². The third kappa shape index (κ3) is 2.79. The molecule has 0 bridgehead atoms. The molecule has 1 fully saturated rings. The Bertz CT molecular complexity index is 408. The second-order valence-corrected chi connectivity index (χ2v) is 5.49. The van der Waals surface area contributed by atoms with Crippen molar-refractivity contribution in [2.45, 2.75) is 19.4 Å². The molecule has 1 unspecified atom stereocenters. The third-order valence-electron chi connectivity index (χ3n) is 3.72. The van der Waals surface area contributed by atoms with Gasteiger partial charge in [0.15, 0.2) is 0 Å². The molecule has 0 spiro atoms. The maximum atomic E-state index is 6.23. The average Bonchev–Trinajstić information content (AvgIpc) is 2.54. The van der Waals surface area contributed by atoms with E-state index in [1.807, 2.05) is 12.1 Å². The van der Waals surface area contributed by atoms with Gasteiger partial charge in [-0.1, -0.05) is 17.7 Å². The smallest absolute Gasteiger partial charge is 0.0539 e. The van der Waals surface area contributed by atoms with Crippen LogP contribution in [0.2, 0.25) is 5.02 Å². The summed E-state index contributed by atoms with van der Waals surface area (Å²) in [5.41, 5.74) is 8.33. The number of rotatable bonds is 2. The highest BCUT2D eigenvalue weighted by atomic mass is 35.5. The first-order valence-corrected chi connectivity index (χ1v) is 6.91. The van der Waals surface area contributed by atoms with Gasteiger partial charge in [-0.25, -0.2) is 0 Å². The molecule has 0 aliphatic carbocycles. The number of halogens is 1. The van der Waals surface area contributed by atoms with Crippen LogP contribution < -0.4 is 10.6 Å². The van der Waals surface area contributed by atoms with Crippen molar-refractivity contribution in [3.8, 4) is 0 Å². The van der Waals surface area contributed by atoms with Crippen LogP contribution in [0.4, 0.5) is 5.69 Å². The summed E-state index contributed by atoms with van der Waals surface area (Å²) in [6.45, 7) is 5.96. The van der Waals surface area contributed by atoms with Crippen molar-refractivity contribution < 1.29 is 0 Å². The summed E-state index contributed by atoms with van der Waals surface area (Å²) in [5, 5.41) is 0.834. The molecule has 0 aromatic heterocycles. The van der Waals surface area contributed by atoms with E-state index >= 15 is 0 Å². The van der Waals surface area contributed by atoms with Gasteiger partial charge >= 0.3 is 0 Å². The second kappa shape index (κ2) is 5.91. The molecule has 0 amide bonds. The molecule has 1 aliphatic rings. The van der Waals surface area contributed by atoms with Crippen LogP contribution in [0.1, 0.15) is 12.0 Å². The van der Waals surface area contributed by atoms with E-state index in [1.165, 1.54) is 12.1 Å². The maximum absolute atomic E-state index is 6.23. The summed E-state index contributed by atoms with van der Waals surface area (Å²) in [5.74, 6) is 0. The zero-order chi connectivity index (χ0) is 13.1. The summed E-state index contributed by atoms with van der Waals surface area (Å²) < 4.78 is 0. The summed E-state index contributed by atoms with van der Waals surface area (Å²) in [6, 6.07) is 6.48. The highest BCUT2D eigenvalue weighted by molar-refractivity contribution is 6.31. The number of nitrogens with zero attached hydrogens (tertiary/aromatic N) is 2. The quantitative estimate of drug-likeness (QED) is 0.891. The van der Waals surface area contributed by atoms with Gasteiger partial charge in [-0.05, 0) is 44.6 Å². The first kappa shape index (κ1) is 13.7. The number of likely N-dealkylation sites (N-methyl/N-ethyl adjacent to an activating group) is 1. The molecule has 1 aromatic carbocycles. The molecular weight excluding hydrogens is 246 g/mol. The molecule has 1 heterocycles. The van der Waals surface area contributed by atoms with Gasteiger partial charge in [0.05, 0.1) is 6.04 Å². The van der Waals surface area contributed by atoms with Crippen molar-refractivity contribution in [3.05, 3.63) is 28.8 Å². The Morgan fingerprint density at radius 1 is 1.39 bits per heavy atom. The van der Waals surface area contributed by atoms with Crippen LogP contribution in [0, 0.1) is 6.92 Å². The van der Waals surface area contributed by atoms with E-state index in [2.05, 4.69) is 29.8 Å². The fourth-order valence-electron chi connectivity index (χ4n) is 2.67. The van der Waals surface area contributed by atoms with Gasteiger partial charge in [-0.3, -0.25) is 0 Å². The van der Waals surface area contributed by atoms with Gasteiger partial charge in [0.1, 0.15) is 0 Å². The number of nitrogens with two attached hydrogens (primary N) is 1. The monoisotopic (exact) mass is 267 g/mol. The number of benzene rings is 1. The van der Waals surface area contributed by atoms with Crippen LogP contribution in [0.25, 0.3) is 0 Å². The van der Waals surface area contributed by atoms with E-state index in [4.69, 9.17) is 17.3 Å². The molecule has 1 aliphatic heterocycles. The molecular formula is C14H22ClN3. The fraction of sp³-hybridized carbons (Fsp3) is 0.571. The van der Waals surface area contributed by atoms with Crippen molar-refractivity contribution in [1.82, 2.24) is 4.90 Å². The van der Waals surface area contributed by atoms with E-state index in [0.717, 1.165) is 30.2 Å². The SMILES string of the molecule is Cc1c(Cl)cccc1N1CCCN(C)CC1CN. The summed E-state index contributed by atoms with van der Waals surface area (Å²) in [4.78, 5) is 4.78. The predicted octanol–water partition coefficient (Wildman–Crippen LogP) is 2.12. The molecule has 2 N–H and O–H groups in total. The number of anilines is 1. The molecule has 18 heavy (non-hydrogen) atoms. The van der Waals surface area contributed by atoms with Crippen LogP contribution in [0.3, 0.4) is 0 Å². The topological polar surface area (TPSA) is 32.5 Å². The molecule has 4 heteroatoms. The Kier molecular flexibility index (Phi) is 4.49. The zero-order valence-corrected chi connectivity index (χ0v) is 12.0. The van der Waals surface area contributed by atoms with E-state index in [1.54, 1.807) is 0 Å². The van der Waals surface area contributed by atoms with Crippen LogP contribution in [-0.4, -0.2) is 44.2 Å².